The molecule has 0 atom stereocenters. The Kier molecular flexibility index (Phi) is 4.31. The van der Waals surface area contributed by atoms with Gasteiger partial charge >= 0.3 is 0 Å². The lowest BCUT2D eigenvalue weighted by Crippen LogP contribution is -2.12. The molecule has 0 radical (unpaired) electrons. The molecule has 0 aromatic heterocycles. The van der Waals surface area contributed by atoms with Crippen molar-refractivity contribution >= 4 is 40.2 Å². The summed E-state index contributed by atoms with van der Waals surface area (Å²) in [5.41, 5.74) is 12.1. The monoisotopic (exact) mass is 304 g/mol. The number of nitrogens with one attached hydrogen (secondary N) is 1. The molecular weight excluding hydrogens is 288 g/mol. The first kappa shape index (κ1) is 14.8. The number of hydrogen-bond acceptors (Lipinski definition) is 2. The van der Waals surface area contributed by atoms with Gasteiger partial charge in [0.15, 0.2) is 0 Å². The molecule has 0 amide bonds. The Balaban J connectivity index is 2.50. The van der Waals surface area contributed by atoms with Gasteiger partial charge in [0.25, 0.3) is 0 Å². The standard InChI is InChI=1S/C16H17ClN2S/c1-9-6-10(2)15(11(3)7-9)19-14-8-12(17)4-5-13(14)16(18)20/h4-8,19H,1-3H3,(H2,18,20). The molecule has 3 N–H and O–H groups in total. The minimum Gasteiger partial charge on any atom is -0.389 e. The number of aryl methyl sites for hydroxylation is 3. The zero-order chi connectivity index (χ0) is 14.9. The number of hydrogen-bond donors (Lipinski definition) is 2. The summed E-state index contributed by atoms with van der Waals surface area (Å²) < 4.78 is 0. The Bertz CT molecular complexity index is 657. The van der Waals surface area contributed by atoms with E-state index in [1.165, 1.54) is 16.7 Å². The number of nitrogens with two attached hydrogens (primary N) is 1. The first-order chi connectivity index (χ1) is 9.38. The molecule has 0 aliphatic heterocycles. The van der Waals surface area contributed by atoms with E-state index in [1.807, 2.05) is 12.1 Å². The van der Waals surface area contributed by atoms with Crippen molar-refractivity contribution in [1.29, 1.82) is 0 Å². The molecule has 0 heterocycles. The zero-order valence-corrected chi connectivity index (χ0v) is 13.3. The van der Waals surface area contributed by atoms with Gasteiger partial charge in [-0.15, -0.1) is 0 Å². The normalized spacial score (nSPS) is 10.4. The van der Waals surface area contributed by atoms with Crippen LogP contribution < -0.4 is 11.1 Å². The molecular formula is C16H17ClN2S. The fourth-order valence-electron chi connectivity index (χ4n) is 2.35. The molecule has 2 rings (SSSR count). The van der Waals surface area contributed by atoms with Gasteiger partial charge in [-0.25, -0.2) is 0 Å². The Morgan fingerprint density at radius 2 is 1.70 bits per heavy atom. The van der Waals surface area contributed by atoms with Gasteiger partial charge in [-0.3, -0.25) is 0 Å². The summed E-state index contributed by atoms with van der Waals surface area (Å²) in [6.07, 6.45) is 0. The smallest absolute Gasteiger partial charge is 0.106 e. The Morgan fingerprint density at radius 1 is 1.10 bits per heavy atom. The van der Waals surface area contributed by atoms with Gasteiger partial charge in [0.2, 0.25) is 0 Å². The van der Waals surface area contributed by atoms with Crippen LogP contribution in [0.1, 0.15) is 22.3 Å². The number of rotatable bonds is 3. The largest absolute Gasteiger partial charge is 0.389 e. The quantitative estimate of drug-likeness (QED) is 0.811. The summed E-state index contributed by atoms with van der Waals surface area (Å²) in [4.78, 5) is 0.353. The summed E-state index contributed by atoms with van der Waals surface area (Å²) in [7, 11) is 0. The lowest BCUT2D eigenvalue weighted by molar-refractivity contribution is 1.31. The molecule has 0 aliphatic rings. The van der Waals surface area contributed by atoms with Crippen molar-refractivity contribution in [3.8, 4) is 0 Å². The van der Waals surface area contributed by atoms with E-state index in [2.05, 4.69) is 38.2 Å². The lowest BCUT2D eigenvalue weighted by atomic mass is 10.0. The highest BCUT2D eigenvalue weighted by molar-refractivity contribution is 7.80. The van der Waals surface area contributed by atoms with Crippen LogP contribution in [0.15, 0.2) is 30.3 Å². The van der Waals surface area contributed by atoms with Crippen LogP contribution in [0.25, 0.3) is 0 Å². The van der Waals surface area contributed by atoms with Crippen molar-refractivity contribution in [3.63, 3.8) is 0 Å². The predicted molar refractivity (Wildman–Crippen MR) is 91.3 cm³/mol. The summed E-state index contributed by atoms with van der Waals surface area (Å²) in [5.74, 6) is 0. The molecule has 0 fully saturated rings. The third-order valence-electron chi connectivity index (χ3n) is 3.18. The number of halogens is 1. The first-order valence-electron chi connectivity index (χ1n) is 6.32. The van der Waals surface area contributed by atoms with E-state index in [0.717, 1.165) is 16.9 Å². The Labute approximate surface area is 130 Å². The predicted octanol–water partition coefficient (Wildman–Crippen LogP) is 4.64. The highest BCUT2D eigenvalue weighted by Crippen LogP contribution is 2.29. The van der Waals surface area contributed by atoms with Crippen LogP contribution in [-0.4, -0.2) is 4.99 Å². The van der Waals surface area contributed by atoms with Crippen molar-refractivity contribution < 1.29 is 0 Å². The highest BCUT2D eigenvalue weighted by atomic mass is 35.5. The van der Waals surface area contributed by atoms with E-state index in [9.17, 15) is 0 Å². The van der Waals surface area contributed by atoms with Gasteiger partial charge in [-0.05, 0) is 50.1 Å². The van der Waals surface area contributed by atoms with Crippen LogP contribution in [0.4, 0.5) is 11.4 Å². The third kappa shape index (κ3) is 3.11. The lowest BCUT2D eigenvalue weighted by Gasteiger charge is -2.16. The number of benzene rings is 2. The van der Waals surface area contributed by atoms with E-state index in [0.29, 0.717) is 10.0 Å². The van der Waals surface area contributed by atoms with Crippen LogP contribution in [0.3, 0.4) is 0 Å². The van der Waals surface area contributed by atoms with E-state index in [4.69, 9.17) is 29.6 Å². The van der Waals surface area contributed by atoms with E-state index in [-0.39, 0.29) is 0 Å². The van der Waals surface area contributed by atoms with Crippen LogP contribution >= 0.6 is 23.8 Å². The van der Waals surface area contributed by atoms with Crippen LogP contribution in [0, 0.1) is 20.8 Å². The minimum atomic E-state index is 0.353. The number of thiocarbonyl (C=S) groups is 1. The summed E-state index contributed by atoms with van der Waals surface area (Å²) >= 11 is 11.2. The first-order valence-corrected chi connectivity index (χ1v) is 7.11. The topological polar surface area (TPSA) is 38.0 Å². The second-order valence-corrected chi connectivity index (χ2v) is 5.83. The minimum absolute atomic E-state index is 0.353. The van der Waals surface area contributed by atoms with Crippen molar-refractivity contribution in [1.82, 2.24) is 0 Å². The number of anilines is 2. The Morgan fingerprint density at radius 3 is 2.25 bits per heavy atom. The van der Waals surface area contributed by atoms with Gasteiger partial charge < -0.3 is 11.1 Å². The molecule has 4 heteroatoms. The second-order valence-electron chi connectivity index (χ2n) is 4.95. The molecule has 20 heavy (non-hydrogen) atoms. The fourth-order valence-corrected chi connectivity index (χ4v) is 2.70. The van der Waals surface area contributed by atoms with Gasteiger partial charge in [0.05, 0.1) is 5.69 Å². The molecule has 0 aliphatic carbocycles. The van der Waals surface area contributed by atoms with Gasteiger partial charge in [0.1, 0.15) is 4.99 Å². The van der Waals surface area contributed by atoms with Gasteiger partial charge in [0, 0.05) is 16.3 Å². The van der Waals surface area contributed by atoms with Crippen molar-refractivity contribution in [3.05, 3.63) is 57.6 Å². The maximum absolute atomic E-state index is 6.07. The van der Waals surface area contributed by atoms with Crippen LogP contribution in [-0.2, 0) is 0 Å². The van der Waals surface area contributed by atoms with Crippen molar-refractivity contribution in [2.45, 2.75) is 20.8 Å². The average molecular weight is 305 g/mol. The van der Waals surface area contributed by atoms with Gasteiger partial charge in [-0.1, -0.05) is 41.5 Å². The molecule has 0 spiro atoms. The SMILES string of the molecule is Cc1cc(C)c(Nc2cc(Cl)ccc2C(N)=S)c(C)c1. The molecule has 0 bridgehead atoms. The van der Waals surface area contributed by atoms with Crippen LogP contribution in [0.5, 0.6) is 0 Å². The Hall–Kier alpha value is -1.58. The highest BCUT2D eigenvalue weighted by Gasteiger charge is 2.10. The molecule has 0 unspecified atom stereocenters. The molecule has 2 nitrogen and oxygen atoms in total. The van der Waals surface area contributed by atoms with Gasteiger partial charge in [-0.2, -0.15) is 0 Å². The molecule has 0 saturated heterocycles. The maximum atomic E-state index is 6.07. The maximum Gasteiger partial charge on any atom is 0.106 e. The summed E-state index contributed by atoms with van der Waals surface area (Å²) in [6.45, 7) is 6.24. The van der Waals surface area contributed by atoms with E-state index >= 15 is 0 Å². The zero-order valence-electron chi connectivity index (χ0n) is 11.8. The van der Waals surface area contributed by atoms with E-state index < -0.39 is 0 Å². The van der Waals surface area contributed by atoms with Crippen molar-refractivity contribution in [2.75, 3.05) is 5.32 Å². The molecule has 2 aromatic carbocycles. The molecule has 2 aromatic rings. The average Bonchev–Trinajstić information content (AvgIpc) is 2.33. The summed E-state index contributed by atoms with van der Waals surface area (Å²) in [6, 6.07) is 9.75. The second kappa shape index (κ2) is 5.81. The molecule has 104 valence electrons. The van der Waals surface area contributed by atoms with Crippen LogP contribution in [0.2, 0.25) is 5.02 Å². The fraction of sp³-hybridized carbons (Fsp3) is 0.188. The van der Waals surface area contributed by atoms with E-state index in [1.54, 1.807) is 6.07 Å². The molecule has 0 saturated carbocycles. The van der Waals surface area contributed by atoms with Crippen molar-refractivity contribution in [2.24, 2.45) is 5.73 Å². The third-order valence-corrected chi connectivity index (χ3v) is 3.64. The summed E-state index contributed by atoms with van der Waals surface area (Å²) in [5, 5.41) is 4.05.